The minimum absolute atomic E-state index is 0.124. The number of alkyl halides is 1. The summed E-state index contributed by atoms with van der Waals surface area (Å²) >= 11 is 5.89. The third-order valence-corrected chi connectivity index (χ3v) is 3.73. The molecule has 0 bridgehead atoms. The number of rotatable bonds is 5. The van der Waals surface area contributed by atoms with Gasteiger partial charge in [0.15, 0.2) is 0 Å². The molecule has 1 aromatic rings. The molecule has 1 aliphatic heterocycles. The lowest BCUT2D eigenvalue weighted by Crippen LogP contribution is -2.48. The van der Waals surface area contributed by atoms with Crippen LogP contribution in [0.2, 0.25) is 0 Å². The Labute approximate surface area is 119 Å². The van der Waals surface area contributed by atoms with Crippen LogP contribution in [0, 0.1) is 5.92 Å². The lowest BCUT2D eigenvalue weighted by atomic mass is 10.2. The topological polar surface area (TPSA) is 43.2 Å². The van der Waals surface area contributed by atoms with Gasteiger partial charge < -0.3 is 4.74 Å². The quantitative estimate of drug-likeness (QED) is 0.774. The van der Waals surface area contributed by atoms with Crippen molar-refractivity contribution < 1.29 is 4.74 Å². The van der Waals surface area contributed by atoms with E-state index in [2.05, 4.69) is 35.8 Å². The Morgan fingerprint density at radius 1 is 1.53 bits per heavy atom. The minimum atomic E-state index is 0.124. The number of aromatic nitrogens is 3. The molecule has 0 saturated carbocycles. The summed E-state index contributed by atoms with van der Waals surface area (Å²) in [5, 5.41) is 4.31. The van der Waals surface area contributed by atoms with E-state index in [0.717, 1.165) is 32.1 Å². The van der Waals surface area contributed by atoms with Crippen molar-refractivity contribution >= 4 is 11.6 Å². The van der Waals surface area contributed by atoms with Crippen molar-refractivity contribution in [1.29, 1.82) is 0 Å². The van der Waals surface area contributed by atoms with Crippen LogP contribution in [0.4, 0.5) is 0 Å². The first kappa shape index (κ1) is 14.8. The summed E-state index contributed by atoms with van der Waals surface area (Å²) in [6.45, 7) is 9.86. The van der Waals surface area contributed by atoms with Crippen LogP contribution < -0.4 is 0 Å². The highest BCUT2D eigenvalue weighted by Gasteiger charge is 2.26. The zero-order valence-electron chi connectivity index (χ0n) is 11.9. The largest absolute Gasteiger partial charge is 0.374 e. The van der Waals surface area contributed by atoms with Crippen molar-refractivity contribution in [2.45, 2.75) is 46.0 Å². The highest BCUT2D eigenvalue weighted by Crippen LogP contribution is 2.15. The molecule has 1 fully saturated rings. The Hall–Kier alpha value is -0.650. The van der Waals surface area contributed by atoms with Crippen LogP contribution in [0.3, 0.4) is 0 Å². The lowest BCUT2D eigenvalue weighted by molar-refractivity contribution is -0.0523. The molecule has 6 heteroatoms. The standard InChI is InChI=1S/C13H23ClN4O/c1-10(2)5-18-13(15-9-16-18)7-17-6-12(4-14)19-8-11(17)3/h9-12H,4-8H2,1-3H3. The first-order valence-corrected chi connectivity index (χ1v) is 7.42. The van der Waals surface area contributed by atoms with E-state index in [4.69, 9.17) is 16.3 Å². The molecular weight excluding hydrogens is 264 g/mol. The lowest BCUT2D eigenvalue weighted by Gasteiger charge is -2.37. The average molecular weight is 287 g/mol. The zero-order valence-corrected chi connectivity index (χ0v) is 12.7. The van der Waals surface area contributed by atoms with Crippen LogP contribution in [-0.4, -0.2) is 50.8 Å². The molecule has 5 nitrogen and oxygen atoms in total. The molecule has 19 heavy (non-hydrogen) atoms. The second-order valence-corrected chi connectivity index (χ2v) is 5.95. The summed E-state index contributed by atoms with van der Waals surface area (Å²) in [6.07, 6.45) is 1.77. The monoisotopic (exact) mass is 286 g/mol. The fourth-order valence-corrected chi connectivity index (χ4v) is 2.47. The summed E-state index contributed by atoms with van der Waals surface area (Å²) in [4.78, 5) is 6.76. The average Bonchev–Trinajstić information content (AvgIpc) is 2.78. The van der Waals surface area contributed by atoms with Gasteiger partial charge in [0.25, 0.3) is 0 Å². The molecule has 2 heterocycles. The second kappa shape index (κ2) is 6.68. The number of nitrogens with zero attached hydrogens (tertiary/aromatic N) is 4. The number of halogens is 1. The zero-order chi connectivity index (χ0) is 13.8. The molecule has 1 aliphatic rings. The van der Waals surface area contributed by atoms with Crippen LogP contribution in [0.25, 0.3) is 0 Å². The first-order valence-electron chi connectivity index (χ1n) is 6.88. The summed E-state index contributed by atoms with van der Waals surface area (Å²) in [7, 11) is 0. The highest BCUT2D eigenvalue weighted by molar-refractivity contribution is 6.18. The fraction of sp³-hybridized carbons (Fsp3) is 0.846. The van der Waals surface area contributed by atoms with Crippen LogP contribution in [0.5, 0.6) is 0 Å². The highest BCUT2D eigenvalue weighted by atomic mass is 35.5. The van der Waals surface area contributed by atoms with Crippen LogP contribution in [0.15, 0.2) is 6.33 Å². The van der Waals surface area contributed by atoms with Crippen LogP contribution in [0.1, 0.15) is 26.6 Å². The summed E-state index contributed by atoms with van der Waals surface area (Å²) in [5.74, 6) is 2.14. The molecular formula is C13H23ClN4O. The Morgan fingerprint density at radius 3 is 3.00 bits per heavy atom. The van der Waals surface area contributed by atoms with E-state index >= 15 is 0 Å². The molecule has 0 aliphatic carbocycles. The molecule has 0 amide bonds. The maximum Gasteiger partial charge on any atom is 0.141 e. The maximum atomic E-state index is 5.89. The summed E-state index contributed by atoms with van der Waals surface area (Å²) in [5.41, 5.74) is 0. The predicted molar refractivity (Wildman–Crippen MR) is 75.2 cm³/mol. The second-order valence-electron chi connectivity index (χ2n) is 5.64. The smallest absolute Gasteiger partial charge is 0.141 e. The minimum Gasteiger partial charge on any atom is -0.374 e. The first-order chi connectivity index (χ1) is 9.10. The van der Waals surface area contributed by atoms with Gasteiger partial charge in [0.05, 0.1) is 19.3 Å². The Morgan fingerprint density at radius 2 is 2.32 bits per heavy atom. The van der Waals surface area contributed by atoms with E-state index in [1.54, 1.807) is 6.33 Å². The Balaban J connectivity index is 2.01. The predicted octanol–water partition coefficient (Wildman–Crippen LogP) is 1.76. The van der Waals surface area contributed by atoms with E-state index in [1.807, 2.05) is 4.68 Å². The number of hydrogen-bond donors (Lipinski definition) is 0. The van der Waals surface area contributed by atoms with Crippen molar-refractivity contribution in [2.75, 3.05) is 19.0 Å². The van der Waals surface area contributed by atoms with Gasteiger partial charge in [-0.25, -0.2) is 9.67 Å². The third kappa shape index (κ3) is 3.91. The van der Waals surface area contributed by atoms with E-state index in [-0.39, 0.29) is 6.10 Å². The van der Waals surface area contributed by atoms with Gasteiger partial charge in [0.2, 0.25) is 0 Å². The Kier molecular flexibility index (Phi) is 5.19. The van der Waals surface area contributed by atoms with Gasteiger partial charge in [0.1, 0.15) is 12.2 Å². The van der Waals surface area contributed by atoms with E-state index in [9.17, 15) is 0 Å². The van der Waals surface area contributed by atoms with Gasteiger partial charge in [-0.1, -0.05) is 13.8 Å². The molecule has 0 N–H and O–H groups in total. The van der Waals surface area contributed by atoms with Crippen molar-refractivity contribution in [2.24, 2.45) is 5.92 Å². The molecule has 2 unspecified atom stereocenters. The summed E-state index contributed by atoms with van der Waals surface area (Å²) in [6, 6.07) is 0.392. The summed E-state index contributed by atoms with van der Waals surface area (Å²) < 4.78 is 7.67. The molecule has 0 radical (unpaired) electrons. The molecule has 0 spiro atoms. The molecule has 2 rings (SSSR count). The molecule has 0 aromatic carbocycles. The third-order valence-electron chi connectivity index (χ3n) is 3.39. The van der Waals surface area contributed by atoms with Gasteiger partial charge in [0, 0.05) is 25.0 Å². The van der Waals surface area contributed by atoms with Gasteiger partial charge in [-0.15, -0.1) is 11.6 Å². The van der Waals surface area contributed by atoms with Crippen molar-refractivity contribution in [3.05, 3.63) is 12.2 Å². The molecule has 1 aromatic heterocycles. The van der Waals surface area contributed by atoms with Crippen LogP contribution in [-0.2, 0) is 17.8 Å². The molecule has 108 valence electrons. The number of hydrogen-bond acceptors (Lipinski definition) is 4. The fourth-order valence-electron chi connectivity index (χ4n) is 2.28. The van der Waals surface area contributed by atoms with Crippen molar-refractivity contribution in [3.63, 3.8) is 0 Å². The van der Waals surface area contributed by atoms with Gasteiger partial charge >= 0.3 is 0 Å². The van der Waals surface area contributed by atoms with Gasteiger partial charge in [-0.05, 0) is 12.8 Å². The van der Waals surface area contributed by atoms with Crippen LogP contribution >= 0.6 is 11.6 Å². The molecule has 2 atom stereocenters. The van der Waals surface area contributed by atoms with Crippen molar-refractivity contribution in [3.8, 4) is 0 Å². The van der Waals surface area contributed by atoms with Gasteiger partial charge in [-0.3, -0.25) is 4.90 Å². The number of morpholine rings is 1. The maximum absolute atomic E-state index is 5.89. The normalized spacial score (nSPS) is 25.1. The van der Waals surface area contributed by atoms with Gasteiger partial charge in [-0.2, -0.15) is 5.10 Å². The molecule has 1 saturated heterocycles. The van der Waals surface area contributed by atoms with E-state index < -0.39 is 0 Å². The Bertz CT molecular complexity index is 396. The van der Waals surface area contributed by atoms with E-state index in [1.165, 1.54) is 0 Å². The van der Waals surface area contributed by atoms with E-state index in [0.29, 0.717) is 17.8 Å². The number of ether oxygens (including phenoxy) is 1. The SMILES string of the molecule is CC(C)Cn1ncnc1CN1CC(CCl)OCC1C. The van der Waals surface area contributed by atoms with Crippen molar-refractivity contribution in [1.82, 2.24) is 19.7 Å².